The molecule has 1 amide bonds. The van der Waals surface area contributed by atoms with E-state index in [1.807, 2.05) is 31.2 Å². The standard InChI is InChI=1S/C24H27N3O5/c1-3-27-19-10-9-16(15-18(19)25-22(28)24(27)30)23(29)26-13-11-17(12-14-26)32-21-8-6-5-7-20(21)31-4-2/h5-10,15,17H,3-4,11-14H2,1-2H3,(H,25,28). The van der Waals surface area contributed by atoms with Crippen LogP contribution in [0.5, 0.6) is 11.5 Å². The molecule has 0 radical (unpaired) electrons. The topological polar surface area (TPSA) is 93.6 Å². The average Bonchev–Trinajstić information content (AvgIpc) is 2.81. The lowest BCUT2D eigenvalue weighted by Crippen LogP contribution is -2.42. The molecule has 0 bridgehead atoms. The van der Waals surface area contributed by atoms with Crippen molar-refractivity contribution in [3.05, 3.63) is 68.7 Å². The Morgan fingerprint density at radius 2 is 1.78 bits per heavy atom. The van der Waals surface area contributed by atoms with Gasteiger partial charge in [0.1, 0.15) is 6.10 Å². The van der Waals surface area contributed by atoms with Gasteiger partial charge >= 0.3 is 11.1 Å². The summed E-state index contributed by atoms with van der Waals surface area (Å²) in [6.45, 7) is 5.83. The Bertz CT molecular complexity index is 1240. The van der Waals surface area contributed by atoms with Crippen LogP contribution in [0.2, 0.25) is 0 Å². The number of aryl methyl sites for hydroxylation is 1. The van der Waals surface area contributed by atoms with Crippen molar-refractivity contribution in [3.63, 3.8) is 0 Å². The zero-order chi connectivity index (χ0) is 22.7. The molecule has 1 aliphatic rings. The van der Waals surface area contributed by atoms with Crippen molar-refractivity contribution in [2.75, 3.05) is 19.7 Å². The number of nitrogens with zero attached hydrogens (tertiary/aromatic N) is 2. The number of piperidine rings is 1. The van der Waals surface area contributed by atoms with Gasteiger partial charge in [-0.15, -0.1) is 0 Å². The Balaban J connectivity index is 1.46. The molecule has 0 aliphatic carbocycles. The van der Waals surface area contributed by atoms with Gasteiger partial charge in [0.05, 0.1) is 17.6 Å². The van der Waals surface area contributed by atoms with Crippen LogP contribution in [0, 0.1) is 0 Å². The van der Waals surface area contributed by atoms with Crippen LogP contribution in [0.3, 0.4) is 0 Å². The molecule has 0 unspecified atom stereocenters. The van der Waals surface area contributed by atoms with Crippen molar-refractivity contribution in [2.24, 2.45) is 0 Å². The molecule has 1 aromatic heterocycles. The van der Waals surface area contributed by atoms with E-state index in [0.717, 1.165) is 11.5 Å². The maximum atomic E-state index is 13.1. The second kappa shape index (κ2) is 9.30. The average molecular weight is 437 g/mol. The smallest absolute Gasteiger partial charge is 0.316 e. The highest BCUT2D eigenvalue weighted by Crippen LogP contribution is 2.29. The monoisotopic (exact) mass is 437 g/mol. The van der Waals surface area contributed by atoms with Gasteiger partial charge in [-0.3, -0.25) is 14.4 Å². The van der Waals surface area contributed by atoms with E-state index in [2.05, 4.69) is 4.98 Å². The van der Waals surface area contributed by atoms with Crippen molar-refractivity contribution >= 4 is 16.9 Å². The predicted octanol–water partition coefficient (Wildman–Crippen LogP) is 2.79. The fourth-order valence-corrected chi connectivity index (χ4v) is 4.09. The summed E-state index contributed by atoms with van der Waals surface area (Å²) in [4.78, 5) is 41.4. The number of hydrogen-bond donors (Lipinski definition) is 1. The number of para-hydroxylation sites is 2. The SMILES string of the molecule is CCOc1ccccc1OC1CCN(C(=O)c2ccc3c(c2)[nH]c(=O)c(=O)n3CC)CC1. The van der Waals surface area contributed by atoms with Gasteiger partial charge in [0, 0.05) is 38.0 Å². The minimum atomic E-state index is -0.686. The van der Waals surface area contributed by atoms with Crippen LogP contribution in [-0.2, 0) is 6.54 Å². The number of H-pyrrole nitrogens is 1. The minimum Gasteiger partial charge on any atom is -0.490 e. The number of carbonyl (C=O) groups excluding carboxylic acids is 1. The number of ether oxygens (including phenoxy) is 2. The van der Waals surface area contributed by atoms with Gasteiger partial charge in [0.15, 0.2) is 11.5 Å². The molecule has 0 spiro atoms. The number of benzene rings is 2. The Morgan fingerprint density at radius 3 is 2.47 bits per heavy atom. The van der Waals surface area contributed by atoms with E-state index < -0.39 is 11.1 Å². The fraction of sp³-hybridized carbons (Fsp3) is 0.375. The summed E-state index contributed by atoms with van der Waals surface area (Å²) in [5.74, 6) is 1.35. The highest BCUT2D eigenvalue weighted by atomic mass is 16.5. The molecule has 2 heterocycles. The summed E-state index contributed by atoms with van der Waals surface area (Å²) in [6, 6.07) is 12.7. The Kier molecular flexibility index (Phi) is 6.30. The van der Waals surface area contributed by atoms with E-state index in [1.165, 1.54) is 4.57 Å². The maximum Gasteiger partial charge on any atom is 0.316 e. The van der Waals surface area contributed by atoms with Gasteiger partial charge in [0.2, 0.25) is 0 Å². The molecule has 1 fully saturated rings. The summed E-state index contributed by atoms with van der Waals surface area (Å²) in [6.07, 6.45) is 1.44. The van der Waals surface area contributed by atoms with Crippen LogP contribution < -0.4 is 20.6 Å². The lowest BCUT2D eigenvalue weighted by Gasteiger charge is -2.32. The molecule has 2 aromatic carbocycles. The molecule has 0 atom stereocenters. The molecule has 32 heavy (non-hydrogen) atoms. The fourth-order valence-electron chi connectivity index (χ4n) is 4.09. The molecule has 8 nitrogen and oxygen atoms in total. The number of carbonyl (C=O) groups is 1. The third kappa shape index (κ3) is 4.26. The van der Waals surface area contributed by atoms with Crippen LogP contribution in [0.4, 0.5) is 0 Å². The molecule has 8 heteroatoms. The molecule has 3 aromatic rings. The van der Waals surface area contributed by atoms with Gasteiger partial charge < -0.3 is 23.9 Å². The van der Waals surface area contributed by atoms with Crippen molar-refractivity contribution in [1.82, 2.24) is 14.5 Å². The lowest BCUT2D eigenvalue weighted by atomic mass is 10.1. The van der Waals surface area contributed by atoms with Gasteiger partial charge in [-0.2, -0.15) is 0 Å². The molecule has 0 saturated carbocycles. The number of hydrogen-bond acceptors (Lipinski definition) is 5. The first-order valence-corrected chi connectivity index (χ1v) is 11.0. The zero-order valence-electron chi connectivity index (χ0n) is 18.3. The van der Waals surface area contributed by atoms with Crippen molar-refractivity contribution in [2.45, 2.75) is 39.3 Å². The number of aromatic amines is 1. The zero-order valence-corrected chi connectivity index (χ0v) is 18.3. The number of amides is 1. The first-order chi connectivity index (χ1) is 15.5. The number of fused-ring (bicyclic) bond motifs is 1. The van der Waals surface area contributed by atoms with E-state index in [4.69, 9.17) is 9.47 Å². The van der Waals surface area contributed by atoms with Gasteiger partial charge in [-0.1, -0.05) is 12.1 Å². The number of rotatable bonds is 6. The van der Waals surface area contributed by atoms with Crippen LogP contribution in [0.1, 0.15) is 37.0 Å². The largest absolute Gasteiger partial charge is 0.490 e. The van der Waals surface area contributed by atoms with Gasteiger partial charge in [0.25, 0.3) is 5.91 Å². The second-order valence-corrected chi connectivity index (χ2v) is 7.72. The Morgan fingerprint density at radius 1 is 1.06 bits per heavy atom. The number of aromatic nitrogens is 2. The molecule has 1 saturated heterocycles. The molecule has 1 aliphatic heterocycles. The van der Waals surface area contributed by atoms with E-state index in [9.17, 15) is 14.4 Å². The highest BCUT2D eigenvalue weighted by molar-refractivity contribution is 5.97. The number of nitrogens with one attached hydrogen (secondary N) is 1. The summed E-state index contributed by atoms with van der Waals surface area (Å²) in [7, 11) is 0. The summed E-state index contributed by atoms with van der Waals surface area (Å²) < 4.78 is 13.2. The van der Waals surface area contributed by atoms with Crippen LogP contribution >= 0.6 is 0 Å². The van der Waals surface area contributed by atoms with Crippen molar-refractivity contribution in [3.8, 4) is 11.5 Å². The van der Waals surface area contributed by atoms with E-state index >= 15 is 0 Å². The van der Waals surface area contributed by atoms with Crippen molar-refractivity contribution in [1.29, 1.82) is 0 Å². The summed E-state index contributed by atoms with van der Waals surface area (Å²) in [5.41, 5.74) is 0.290. The van der Waals surface area contributed by atoms with E-state index in [1.54, 1.807) is 30.0 Å². The molecular weight excluding hydrogens is 410 g/mol. The van der Waals surface area contributed by atoms with E-state index in [0.29, 0.717) is 55.7 Å². The number of likely N-dealkylation sites (tertiary alicyclic amines) is 1. The molecular formula is C24H27N3O5. The first-order valence-electron chi connectivity index (χ1n) is 11.0. The lowest BCUT2D eigenvalue weighted by molar-refractivity contribution is 0.0589. The molecule has 1 N–H and O–H groups in total. The summed E-state index contributed by atoms with van der Waals surface area (Å²) in [5, 5.41) is 0. The molecule has 4 rings (SSSR count). The van der Waals surface area contributed by atoms with Crippen LogP contribution in [0.25, 0.3) is 11.0 Å². The highest BCUT2D eigenvalue weighted by Gasteiger charge is 2.25. The third-order valence-electron chi connectivity index (χ3n) is 5.71. The maximum absolute atomic E-state index is 13.1. The van der Waals surface area contributed by atoms with Gasteiger partial charge in [-0.05, 0) is 44.2 Å². The third-order valence-corrected chi connectivity index (χ3v) is 5.71. The van der Waals surface area contributed by atoms with Gasteiger partial charge in [-0.25, -0.2) is 0 Å². The minimum absolute atomic E-state index is 0.00704. The second-order valence-electron chi connectivity index (χ2n) is 7.72. The molecule has 168 valence electrons. The Hall–Kier alpha value is -3.55. The summed E-state index contributed by atoms with van der Waals surface area (Å²) >= 11 is 0. The van der Waals surface area contributed by atoms with E-state index in [-0.39, 0.29) is 12.0 Å². The normalized spacial score (nSPS) is 14.5. The van der Waals surface area contributed by atoms with Crippen molar-refractivity contribution < 1.29 is 14.3 Å². The van der Waals surface area contributed by atoms with Crippen LogP contribution in [0.15, 0.2) is 52.1 Å². The first kappa shape index (κ1) is 21.7. The Labute approximate surface area is 185 Å². The predicted molar refractivity (Wildman–Crippen MR) is 122 cm³/mol. The quantitative estimate of drug-likeness (QED) is 0.599. The van der Waals surface area contributed by atoms with Crippen LogP contribution in [-0.4, -0.2) is 46.2 Å².